The normalized spacial score (nSPS) is 15.6. The van der Waals surface area contributed by atoms with Crippen LogP contribution in [0.2, 0.25) is 0 Å². The van der Waals surface area contributed by atoms with E-state index in [0.29, 0.717) is 35.7 Å². The van der Waals surface area contributed by atoms with Crippen molar-refractivity contribution < 1.29 is 27.5 Å². The summed E-state index contributed by atoms with van der Waals surface area (Å²) >= 11 is 0. The van der Waals surface area contributed by atoms with E-state index in [4.69, 9.17) is 9.47 Å². The van der Waals surface area contributed by atoms with Gasteiger partial charge in [0.1, 0.15) is 11.5 Å². The number of fused-ring (bicyclic) bond motifs is 1. The summed E-state index contributed by atoms with van der Waals surface area (Å²) in [5.41, 5.74) is 2.24. The highest BCUT2D eigenvalue weighted by Gasteiger charge is 2.35. The molecule has 0 saturated carbocycles. The first-order valence-corrected chi connectivity index (χ1v) is 14.1. The summed E-state index contributed by atoms with van der Waals surface area (Å²) < 4.78 is 37.9. The number of hydrogen-bond acceptors (Lipinski definition) is 6. The van der Waals surface area contributed by atoms with Gasteiger partial charge in [0.25, 0.3) is 5.91 Å². The third-order valence-corrected chi connectivity index (χ3v) is 6.89. The van der Waals surface area contributed by atoms with Crippen LogP contribution in [0.1, 0.15) is 23.6 Å². The van der Waals surface area contributed by atoms with Crippen LogP contribution in [0.15, 0.2) is 78.9 Å². The third kappa shape index (κ3) is 7.11. The lowest BCUT2D eigenvalue weighted by Crippen LogP contribution is -2.51. The van der Waals surface area contributed by atoms with Gasteiger partial charge >= 0.3 is 0 Å². The van der Waals surface area contributed by atoms with Gasteiger partial charge in [-0.3, -0.25) is 9.59 Å². The Bertz CT molecular complexity index is 1360. The Morgan fingerprint density at radius 3 is 2.39 bits per heavy atom. The molecule has 4 rings (SSSR count). The van der Waals surface area contributed by atoms with Gasteiger partial charge in [0.05, 0.1) is 31.6 Å². The van der Waals surface area contributed by atoms with Crippen molar-refractivity contribution in [2.45, 2.75) is 25.0 Å². The van der Waals surface area contributed by atoms with Crippen LogP contribution < -0.4 is 24.4 Å². The summed E-state index contributed by atoms with van der Waals surface area (Å²) in [6, 6.07) is 22.8. The van der Waals surface area contributed by atoms with E-state index in [1.165, 1.54) is 12.0 Å². The van der Waals surface area contributed by atoms with Gasteiger partial charge in [-0.25, -0.2) is 13.1 Å². The first-order chi connectivity index (χ1) is 18.2. The van der Waals surface area contributed by atoms with Crippen molar-refractivity contribution >= 4 is 27.5 Å². The number of para-hydroxylation sites is 2. The van der Waals surface area contributed by atoms with Gasteiger partial charge in [0.2, 0.25) is 15.9 Å². The zero-order valence-electron chi connectivity index (χ0n) is 21.3. The Hall–Kier alpha value is -3.89. The summed E-state index contributed by atoms with van der Waals surface area (Å²) in [5, 5.41) is 2.89. The van der Waals surface area contributed by atoms with Gasteiger partial charge in [-0.1, -0.05) is 54.6 Å². The Morgan fingerprint density at radius 2 is 1.71 bits per heavy atom. The lowest BCUT2D eigenvalue weighted by molar-refractivity contribution is -0.128. The van der Waals surface area contributed by atoms with Gasteiger partial charge in [-0.2, -0.15) is 0 Å². The number of ether oxygens (including phenoxy) is 2. The van der Waals surface area contributed by atoms with E-state index < -0.39 is 22.2 Å². The molecule has 2 amide bonds. The molecule has 0 spiro atoms. The fourth-order valence-electron chi connectivity index (χ4n) is 4.30. The molecular formula is C28H31N3O6S. The Balaban J connectivity index is 1.50. The first-order valence-electron chi connectivity index (χ1n) is 12.2. The minimum Gasteiger partial charge on any atom is -0.497 e. The van der Waals surface area contributed by atoms with Crippen LogP contribution in [0.3, 0.4) is 0 Å². The Kier molecular flexibility index (Phi) is 8.65. The number of rotatable bonds is 10. The molecule has 0 fully saturated rings. The zero-order valence-corrected chi connectivity index (χ0v) is 22.1. The molecule has 200 valence electrons. The summed E-state index contributed by atoms with van der Waals surface area (Å²) in [6.45, 7) is 0.428. The molecule has 0 unspecified atom stereocenters. The van der Waals surface area contributed by atoms with E-state index in [-0.39, 0.29) is 24.8 Å². The summed E-state index contributed by atoms with van der Waals surface area (Å²) in [6.07, 6.45) is 0.648. The number of nitrogens with one attached hydrogen (secondary N) is 2. The number of hydrogen-bond donors (Lipinski definition) is 2. The third-order valence-electron chi connectivity index (χ3n) is 6.18. The second kappa shape index (κ2) is 12.1. The van der Waals surface area contributed by atoms with Gasteiger partial charge in [-0.05, 0) is 41.8 Å². The standard InChI is InChI=1S/C28H31N3O6S/c1-36-22-14-12-21(13-15-22)23(30-38(2,34)35)18-27(32)31-19-26(37-25-11-7-6-10-24(25)31)28(33)29-17-16-20-8-4-3-5-9-20/h3-15,23,26,30H,16-19H2,1-2H3,(H,29,33)/t23-,26-/m0/s1. The number of benzene rings is 3. The van der Waals surface area contributed by atoms with E-state index in [2.05, 4.69) is 10.0 Å². The molecule has 3 aromatic carbocycles. The second-order valence-corrected chi connectivity index (χ2v) is 10.8. The number of carbonyl (C=O) groups is 2. The molecule has 38 heavy (non-hydrogen) atoms. The highest BCUT2D eigenvalue weighted by molar-refractivity contribution is 7.88. The summed E-state index contributed by atoms with van der Waals surface area (Å²) in [7, 11) is -2.09. The fraction of sp³-hybridized carbons (Fsp3) is 0.286. The Morgan fingerprint density at radius 1 is 1.03 bits per heavy atom. The average Bonchev–Trinajstić information content (AvgIpc) is 2.92. The van der Waals surface area contributed by atoms with Crippen LogP contribution in [0, 0.1) is 0 Å². The molecule has 3 aromatic rings. The van der Waals surface area contributed by atoms with E-state index in [1.54, 1.807) is 48.5 Å². The molecule has 0 aromatic heterocycles. The number of anilines is 1. The molecule has 2 N–H and O–H groups in total. The predicted octanol–water partition coefficient (Wildman–Crippen LogP) is 2.83. The van der Waals surface area contributed by atoms with E-state index in [1.807, 2.05) is 30.3 Å². The van der Waals surface area contributed by atoms with E-state index >= 15 is 0 Å². The molecule has 0 saturated heterocycles. The molecule has 0 radical (unpaired) electrons. The minimum atomic E-state index is -3.62. The molecule has 0 aliphatic carbocycles. The van der Waals surface area contributed by atoms with Crippen molar-refractivity contribution in [3.63, 3.8) is 0 Å². The Labute approximate surface area is 222 Å². The van der Waals surface area contributed by atoms with Crippen molar-refractivity contribution in [2.75, 3.05) is 31.4 Å². The number of methoxy groups -OCH3 is 1. The predicted molar refractivity (Wildman–Crippen MR) is 145 cm³/mol. The minimum absolute atomic E-state index is 0.00121. The summed E-state index contributed by atoms with van der Waals surface area (Å²) in [4.78, 5) is 28.1. The highest BCUT2D eigenvalue weighted by Crippen LogP contribution is 2.34. The molecule has 1 aliphatic rings. The van der Waals surface area contributed by atoms with Gasteiger partial charge in [-0.15, -0.1) is 0 Å². The quantitative estimate of drug-likeness (QED) is 0.411. The van der Waals surface area contributed by atoms with Crippen molar-refractivity contribution in [1.29, 1.82) is 0 Å². The maximum absolute atomic E-state index is 13.6. The topological polar surface area (TPSA) is 114 Å². The van der Waals surface area contributed by atoms with Crippen molar-refractivity contribution in [1.82, 2.24) is 10.0 Å². The molecule has 2 atom stereocenters. The van der Waals surface area contributed by atoms with Crippen LogP contribution in [-0.2, 0) is 26.0 Å². The maximum atomic E-state index is 13.6. The maximum Gasteiger partial charge on any atom is 0.262 e. The van der Waals surface area contributed by atoms with E-state index in [9.17, 15) is 18.0 Å². The average molecular weight is 538 g/mol. The number of sulfonamides is 1. The molecule has 0 bridgehead atoms. The SMILES string of the molecule is COc1ccc([C@H](CC(=O)N2C[C@@H](C(=O)NCCc3ccccc3)Oc3ccccc32)NS(C)(=O)=O)cc1. The largest absolute Gasteiger partial charge is 0.497 e. The van der Waals surface area contributed by atoms with Crippen LogP contribution in [0.4, 0.5) is 5.69 Å². The van der Waals surface area contributed by atoms with E-state index in [0.717, 1.165) is 11.8 Å². The van der Waals surface area contributed by atoms with Crippen LogP contribution in [0.25, 0.3) is 0 Å². The number of amides is 2. The number of nitrogens with zero attached hydrogens (tertiary/aromatic N) is 1. The first kappa shape index (κ1) is 27.2. The lowest BCUT2D eigenvalue weighted by Gasteiger charge is -2.35. The fourth-order valence-corrected chi connectivity index (χ4v) is 5.04. The smallest absolute Gasteiger partial charge is 0.262 e. The number of carbonyl (C=O) groups excluding carboxylic acids is 2. The van der Waals surface area contributed by atoms with Crippen LogP contribution in [0.5, 0.6) is 11.5 Å². The molecule has 1 aliphatic heterocycles. The molecule has 9 nitrogen and oxygen atoms in total. The van der Waals surface area contributed by atoms with Gasteiger partial charge < -0.3 is 19.7 Å². The monoisotopic (exact) mass is 537 g/mol. The zero-order chi connectivity index (χ0) is 27.1. The molecule has 10 heteroatoms. The van der Waals surface area contributed by atoms with Crippen LogP contribution in [-0.4, -0.2) is 52.8 Å². The van der Waals surface area contributed by atoms with Gasteiger partial charge in [0, 0.05) is 13.0 Å². The molecule has 1 heterocycles. The van der Waals surface area contributed by atoms with Crippen molar-refractivity contribution in [3.05, 3.63) is 90.0 Å². The van der Waals surface area contributed by atoms with Crippen LogP contribution >= 0.6 is 0 Å². The lowest BCUT2D eigenvalue weighted by atomic mass is 10.0. The van der Waals surface area contributed by atoms with Gasteiger partial charge in [0.15, 0.2) is 6.10 Å². The van der Waals surface area contributed by atoms with Crippen molar-refractivity contribution in [2.24, 2.45) is 0 Å². The summed E-state index contributed by atoms with van der Waals surface area (Å²) in [5.74, 6) is 0.350. The van der Waals surface area contributed by atoms with Crippen molar-refractivity contribution in [3.8, 4) is 11.5 Å². The molecular weight excluding hydrogens is 506 g/mol. The second-order valence-electron chi connectivity index (χ2n) is 9.03. The highest BCUT2D eigenvalue weighted by atomic mass is 32.2.